The molecule has 0 fully saturated rings. The Balaban J connectivity index is 1.50. The third-order valence-corrected chi connectivity index (χ3v) is 4.61. The number of carbonyl (C=O) groups is 1. The number of nitrogens with one attached hydrogen (secondary N) is 1. The Labute approximate surface area is 157 Å². The number of rotatable bonds is 6. The molecule has 0 aliphatic carbocycles. The highest BCUT2D eigenvalue weighted by Gasteiger charge is 2.20. The molecule has 1 amide bonds. The lowest BCUT2D eigenvalue weighted by molar-refractivity contribution is -0.116. The lowest BCUT2D eigenvalue weighted by Gasteiger charge is -2.15. The van der Waals surface area contributed by atoms with Gasteiger partial charge in [0, 0.05) is 11.3 Å². The van der Waals surface area contributed by atoms with E-state index in [2.05, 4.69) is 36.3 Å². The number of hydrogen-bond donors (Lipinski definition) is 1. The molecule has 0 radical (unpaired) electrons. The topological polar surface area (TPSA) is 116 Å². The van der Waals surface area contributed by atoms with Crippen molar-refractivity contribution in [3.8, 4) is 11.4 Å². The Morgan fingerprint density at radius 3 is 2.93 bits per heavy atom. The Bertz CT molecular complexity index is 992. The van der Waals surface area contributed by atoms with Crippen molar-refractivity contribution in [1.82, 2.24) is 40.4 Å². The number of carbonyl (C=O) groups excluding carboxylic acids is 1. The van der Waals surface area contributed by atoms with Crippen molar-refractivity contribution in [3.63, 3.8) is 0 Å². The van der Waals surface area contributed by atoms with Gasteiger partial charge in [0.2, 0.25) is 11.7 Å². The Hall–Kier alpha value is -3.47. The van der Waals surface area contributed by atoms with Gasteiger partial charge in [0.25, 0.3) is 0 Å². The van der Waals surface area contributed by atoms with E-state index in [1.807, 2.05) is 41.1 Å². The summed E-state index contributed by atoms with van der Waals surface area (Å²) >= 11 is 1.56. The molecule has 10 nitrogen and oxygen atoms in total. The van der Waals surface area contributed by atoms with Gasteiger partial charge in [0.05, 0.1) is 19.5 Å². The van der Waals surface area contributed by atoms with Crippen LogP contribution in [0.3, 0.4) is 0 Å². The summed E-state index contributed by atoms with van der Waals surface area (Å²) < 4.78 is 1.58. The van der Waals surface area contributed by atoms with Gasteiger partial charge >= 0.3 is 0 Å². The highest BCUT2D eigenvalue weighted by molar-refractivity contribution is 7.08. The first-order valence-corrected chi connectivity index (χ1v) is 9.02. The SMILES string of the molecule is Cn1nnc(-c2cccc(NC(=O)C[C@H](c3ccsc3)n3cnnn3)c2)n1. The maximum absolute atomic E-state index is 12.6. The maximum atomic E-state index is 12.6. The summed E-state index contributed by atoms with van der Waals surface area (Å²) in [6, 6.07) is 9.02. The molecule has 4 aromatic rings. The fraction of sp³-hybridized carbons (Fsp3) is 0.188. The molecule has 0 spiro atoms. The van der Waals surface area contributed by atoms with Crippen molar-refractivity contribution in [1.29, 1.82) is 0 Å². The highest BCUT2D eigenvalue weighted by atomic mass is 32.1. The average molecular weight is 381 g/mol. The number of amides is 1. The minimum Gasteiger partial charge on any atom is -0.326 e. The molecule has 0 unspecified atom stereocenters. The molecule has 1 atom stereocenters. The molecular formula is C16H15N9OS. The number of nitrogens with zero attached hydrogens (tertiary/aromatic N) is 8. The van der Waals surface area contributed by atoms with Crippen LogP contribution in [-0.2, 0) is 11.8 Å². The van der Waals surface area contributed by atoms with Crippen molar-refractivity contribution >= 4 is 22.9 Å². The van der Waals surface area contributed by atoms with E-state index in [1.165, 1.54) is 11.1 Å². The quantitative estimate of drug-likeness (QED) is 0.538. The summed E-state index contributed by atoms with van der Waals surface area (Å²) in [4.78, 5) is 14.0. The van der Waals surface area contributed by atoms with E-state index in [9.17, 15) is 4.79 Å². The number of anilines is 1. The molecule has 0 saturated heterocycles. The number of tetrazole rings is 2. The third kappa shape index (κ3) is 3.87. The van der Waals surface area contributed by atoms with Gasteiger partial charge in [-0.05, 0) is 50.2 Å². The fourth-order valence-electron chi connectivity index (χ4n) is 2.66. The smallest absolute Gasteiger partial charge is 0.226 e. The molecule has 3 heterocycles. The molecule has 3 aromatic heterocycles. The van der Waals surface area contributed by atoms with E-state index in [0.29, 0.717) is 11.5 Å². The summed E-state index contributed by atoms with van der Waals surface area (Å²) in [6.07, 6.45) is 1.71. The molecule has 27 heavy (non-hydrogen) atoms. The van der Waals surface area contributed by atoms with Crippen LogP contribution in [0.25, 0.3) is 11.4 Å². The van der Waals surface area contributed by atoms with Gasteiger partial charge in [0.15, 0.2) is 0 Å². The number of hydrogen-bond acceptors (Lipinski definition) is 8. The molecule has 4 rings (SSSR count). The van der Waals surface area contributed by atoms with Gasteiger partial charge in [-0.2, -0.15) is 16.1 Å². The zero-order valence-electron chi connectivity index (χ0n) is 14.3. The van der Waals surface area contributed by atoms with Gasteiger partial charge in [-0.15, -0.1) is 15.3 Å². The van der Waals surface area contributed by atoms with E-state index in [4.69, 9.17) is 0 Å². The van der Waals surface area contributed by atoms with Gasteiger partial charge < -0.3 is 5.32 Å². The van der Waals surface area contributed by atoms with Crippen molar-refractivity contribution in [2.24, 2.45) is 7.05 Å². The monoisotopic (exact) mass is 381 g/mol. The third-order valence-electron chi connectivity index (χ3n) is 3.90. The average Bonchev–Trinajstić information content (AvgIpc) is 3.42. The molecule has 0 aliphatic rings. The minimum absolute atomic E-state index is 0.147. The molecule has 0 saturated carbocycles. The second-order valence-electron chi connectivity index (χ2n) is 5.80. The number of aryl methyl sites for hydroxylation is 1. The van der Waals surface area contributed by atoms with E-state index < -0.39 is 0 Å². The van der Waals surface area contributed by atoms with Crippen LogP contribution in [0.4, 0.5) is 5.69 Å². The number of aromatic nitrogens is 8. The largest absolute Gasteiger partial charge is 0.326 e. The van der Waals surface area contributed by atoms with Crippen molar-refractivity contribution < 1.29 is 4.79 Å². The molecule has 136 valence electrons. The summed E-state index contributed by atoms with van der Waals surface area (Å²) in [5.74, 6) is 0.351. The zero-order chi connectivity index (χ0) is 18.6. The van der Waals surface area contributed by atoms with Crippen LogP contribution >= 0.6 is 11.3 Å². The standard InChI is InChI=1S/C16H15N9OS/c1-24-20-16(19-22-24)11-3-2-4-13(7-11)18-15(26)8-14(12-5-6-27-9-12)25-10-17-21-23-25/h2-7,9-10,14H,8H2,1H3,(H,18,26)/t14-/m1/s1. The Morgan fingerprint density at radius 1 is 1.30 bits per heavy atom. The molecule has 1 aromatic carbocycles. The maximum Gasteiger partial charge on any atom is 0.226 e. The normalized spacial score (nSPS) is 12.0. The van der Waals surface area contributed by atoms with Gasteiger partial charge in [0.1, 0.15) is 6.33 Å². The summed E-state index contributed by atoms with van der Waals surface area (Å²) in [5, 5.41) is 30.1. The van der Waals surface area contributed by atoms with Crippen molar-refractivity contribution in [2.45, 2.75) is 12.5 Å². The van der Waals surface area contributed by atoms with E-state index >= 15 is 0 Å². The van der Waals surface area contributed by atoms with E-state index in [1.54, 1.807) is 23.1 Å². The molecular weight excluding hydrogens is 366 g/mol. The van der Waals surface area contributed by atoms with Gasteiger partial charge in [-0.1, -0.05) is 12.1 Å². The van der Waals surface area contributed by atoms with E-state index in [0.717, 1.165) is 11.1 Å². The van der Waals surface area contributed by atoms with Crippen LogP contribution in [0.15, 0.2) is 47.4 Å². The van der Waals surface area contributed by atoms with Crippen LogP contribution in [0, 0.1) is 0 Å². The first-order valence-electron chi connectivity index (χ1n) is 8.08. The minimum atomic E-state index is -0.268. The van der Waals surface area contributed by atoms with E-state index in [-0.39, 0.29) is 18.4 Å². The first kappa shape index (κ1) is 17.0. The molecule has 0 bridgehead atoms. The van der Waals surface area contributed by atoms with Gasteiger partial charge in [-0.25, -0.2) is 4.68 Å². The molecule has 11 heteroatoms. The fourth-order valence-corrected chi connectivity index (χ4v) is 3.37. The summed E-state index contributed by atoms with van der Waals surface area (Å²) in [5.41, 5.74) is 2.42. The second-order valence-corrected chi connectivity index (χ2v) is 6.58. The summed E-state index contributed by atoms with van der Waals surface area (Å²) in [6.45, 7) is 0. The predicted molar refractivity (Wildman–Crippen MR) is 97.8 cm³/mol. The second kappa shape index (κ2) is 7.41. The highest BCUT2D eigenvalue weighted by Crippen LogP contribution is 2.24. The molecule has 1 N–H and O–H groups in total. The van der Waals surface area contributed by atoms with Crippen LogP contribution in [0.1, 0.15) is 18.0 Å². The number of thiophene rings is 1. The lowest BCUT2D eigenvalue weighted by atomic mass is 10.1. The zero-order valence-corrected chi connectivity index (χ0v) is 15.1. The van der Waals surface area contributed by atoms with Crippen LogP contribution in [-0.4, -0.2) is 46.3 Å². The van der Waals surface area contributed by atoms with Crippen LogP contribution in [0.5, 0.6) is 0 Å². The van der Waals surface area contributed by atoms with Gasteiger partial charge in [-0.3, -0.25) is 4.79 Å². The van der Waals surface area contributed by atoms with Crippen LogP contribution < -0.4 is 5.32 Å². The van der Waals surface area contributed by atoms with Crippen molar-refractivity contribution in [3.05, 3.63) is 53.0 Å². The lowest BCUT2D eigenvalue weighted by Crippen LogP contribution is -2.20. The summed E-state index contributed by atoms with van der Waals surface area (Å²) in [7, 11) is 1.70. The molecule has 0 aliphatic heterocycles. The predicted octanol–water partition coefficient (Wildman–Crippen LogP) is 1.54. The Kier molecular flexibility index (Phi) is 4.66. The first-order chi connectivity index (χ1) is 13.2. The number of benzene rings is 1. The Morgan fingerprint density at radius 2 is 2.22 bits per heavy atom. The van der Waals surface area contributed by atoms with Crippen LogP contribution in [0.2, 0.25) is 0 Å². The van der Waals surface area contributed by atoms with Crippen molar-refractivity contribution in [2.75, 3.05) is 5.32 Å².